The molecule has 1 N–H and O–H groups in total. The van der Waals surface area contributed by atoms with Crippen LogP contribution in [0.3, 0.4) is 0 Å². The third kappa shape index (κ3) is 3.93. The van der Waals surface area contributed by atoms with Crippen molar-refractivity contribution in [2.45, 2.75) is 25.2 Å². The van der Waals surface area contributed by atoms with E-state index in [1.807, 2.05) is 6.07 Å². The average Bonchev–Trinajstić information content (AvgIpc) is 3.33. The molecule has 2 heterocycles. The van der Waals surface area contributed by atoms with Gasteiger partial charge in [-0.3, -0.25) is 4.79 Å². The highest BCUT2D eigenvalue weighted by Gasteiger charge is 2.37. The largest absolute Gasteiger partial charge is 0.356 e. The minimum atomic E-state index is -0.000534. The molecule has 7 heteroatoms. The molecule has 132 valence electrons. The standard InChI is InChI=1S/C19H19N5O2/c25-16(22-12-14-11-15(14)13-5-2-1-3-6-13)7-8-17-23-19(24-26-17)18-20-9-4-10-21-18/h1-6,9-10,14-15H,7-8,11-12H2,(H,22,25)/t14-,15+/m1/s1. The number of rotatable bonds is 7. The highest BCUT2D eigenvalue weighted by atomic mass is 16.5. The lowest BCUT2D eigenvalue weighted by Gasteiger charge is -2.04. The molecule has 0 radical (unpaired) electrons. The van der Waals surface area contributed by atoms with Crippen molar-refractivity contribution in [3.05, 3.63) is 60.2 Å². The van der Waals surface area contributed by atoms with E-state index in [-0.39, 0.29) is 5.91 Å². The fraction of sp³-hybridized carbons (Fsp3) is 0.316. The molecule has 1 amide bonds. The van der Waals surface area contributed by atoms with E-state index in [4.69, 9.17) is 4.52 Å². The first kappa shape index (κ1) is 16.4. The van der Waals surface area contributed by atoms with Crippen LogP contribution in [-0.2, 0) is 11.2 Å². The Morgan fingerprint density at radius 3 is 2.73 bits per heavy atom. The van der Waals surface area contributed by atoms with Gasteiger partial charge < -0.3 is 9.84 Å². The summed E-state index contributed by atoms with van der Waals surface area (Å²) in [5.74, 6) is 2.26. The molecule has 1 aromatic carbocycles. The molecule has 2 atom stereocenters. The van der Waals surface area contributed by atoms with Gasteiger partial charge in [-0.1, -0.05) is 35.5 Å². The minimum absolute atomic E-state index is 0.000534. The molecule has 3 aromatic rings. The zero-order valence-electron chi connectivity index (χ0n) is 14.2. The number of hydrogen-bond acceptors (Lipinski definition) is 6. The highest BCUT2D eigenvalue weighted by Crippen LogP contribution is 2.46. The zero-order valence-corrected chi connectivity index (χ0v) is 14.2. The van der Waals surface area contributed by atoms with E-state index in [0.29, 0.717) is 48.8 Å². The van der Waals surface area contributed by atoms with E-state index in [2.05, 4.69) is 49.7 Å². The van der Waals surface area contributed by atoms with Crippen LogP contribution in [0.2, 0.25) is 0 Å². The van der Waals surface area contributed by atoms with Crippen LogP contribution in [0.4, 0.5) is 0 Å². The van der Waals surface area contributed by atoms with E-state index in [1.165, 1.54) is 5.56 Å². The predicted octanol–water partition coefficient (Wildman–Crippen LogP) is 2.38. The number of carbonyl (C=O) groups is 1. The summed E-state index contributed by atoms with van der Waals surface area (Å²) in [4.78, 5) is 24.4. The third-order valence-corrected chi connectivity index (χ3v) is 4.51. The first-order valence-electron chi connectivity index (χ1n) is 8.71. The first-order valence-corrected chi connectivity index (χ1v) is 8.71. The molecule has 4 rings (SSSR count). The molecule has 0 spiro atoms. The number of nitrogens with zero attached hydrogens (tertiary/aromatic N) is 4. The second-order valence-electron chi connectivity index (χ2n) is 6.40. The fourth-order valence-electron chi connectivity index (χ4n) is 3.00. The van der Waals surface area contributed by atoms with Crippen molar-refractivity contribution in [2.75, 3.05) is 6.54 Å². The van der Waals surface area contributed by atoms with Crippen molar-refractivity contribution in [1.29, 1.82) is 0 Å². The maximum absolute atomic E-state index is 12.0. The SMILES string of the molecule is O=C(CCc1nc(-c2ncccn2)no1)NC[C@H]1C[C@H]1c1ccccc1. The molecule has 1 saturated carbocycles. The molecule has 1 fully saturated rings. The summed E-state index contributed by atoms with van der Waals surface area (Å²) in [6, 6.07) is 12.2. The van der Waals surface area contributed by atoms with Crippen LogP contribution in [0.15, 0.2) is 53.3 Å². The molecule has 0 saturated heterocycles. The molecular formula is C19H19N5O2. The number of aryl methyl sites for hydroxylation is 1. The maximum atomic E-state index is 12.0. The Morgan fingerprint density at radius 1 is 1.12 bits per heavy atom. The van der Waals surface area contributed by atoms with Crippen LogP contribution in [0.25, 0.3) is 11.6 Å². The normalized spacial score (nSPS) is 18.5. The summed E-state index contributed by atoms with van der Waals surface area (Å²) in [5, 5.41) is 6.85. The van der Waals surface area contributed by atoms with E-state index in [9.17, 15) is 4.79 Å². The van der Waals surface area contributed by atoms with E-state index in [0.717, 1.165) is 6.42 Å². The van der Waals surface area contributed by atoms with Gasteiger partial charge in [0.25, 0.3) is 0 Å². The lowest BCUT2D eigenvalue weighted by atomic mass is 10.1. The van der Waals surface area contributed by atoms with Crippen molar-refractivity contribution in [2.24, 2.45) is 5.92 Å². The van der Waals surface area contributed by atoms with Gasteiger partial charge in [-0.15, -0.1) is 0 Å². The fourth-order valence-corrected chi connectivity index (χ4v) is 3.00. The number of benzene rings is 1. The quantitative estimate of drug-likeness (QED) is 0.704. The third-order valence-electron chi connectivity index (χ3n) is 4.51. The Labute approximate surface area is 150 Å². The van der Waals surface area contributed by atoms with Gasteiger partial charge in [0.15, 0.2) is 0 Å². The van der Waals surface area contributed by atoms with Crippen LogP contribution >= 0.6 is 0 Å². The number of nitrogens with one attached hydrogen (secondary N) is 1. The van der Waals surface area contributed by atoms with E-state index in [1.54, 1.807) is 18.5 Å². The molecule has 2 aromatic heterocycles. The lowest BCUT2D eigenvalue weighted by Crippen LogP contribution is -2.26. The Kier molecular flexibility index (Phi) is 4.68. The summed E-state index contributed by atoms with van der Waals surface area (Å²) in [7, 11) is 0. The zero-order chi connectivity index (χ0) is 17.8. The molecule has 0 aliphatic heterocycles. The van der Waals surface area contributed by atoms with Gasteiger partial charge in [0.2, 0.25) is 23.4 Å². The summed E-state index contributed by atoms with van der Waals surface area (Å²) >= 11 is 0. The van der Waals surface area contributed by atoms with Crippen molar-refractivity contribution >= 4 is 5.91 Å². The van der Waals surface area contributed by atoms with Crippen LogP contribution in [-0.4, -0.2) is 32.6 Å². The number of amides is 1. The van der Waals surface area contributed by atoms with Gasteiger partial charge in [0.1, 0.15) is 0 Å². The molecule has 0 unspecified atom stereocenters. The second kappa shape index (κ2) is 7.43. The summed E-state index contributed by atoms with van der Waals surface area (Å²) in [5.41, 5.74) is 1.35. The van der Waals surface area contributed by atoms with Gasteiger partial charge in [-0.05, 0) is 29.9 Å². The highest BCUT2D eigenvalue weighted by molar-refractivity contribution is 5.76. The molecule has 1 aliphatic rings. The second-order valence-corrected chi connectivity index (χ2v) is 6.40. The topological polar surface area (TPSA) is 93.8 Å². The van der Waals surface area contributed by atoms with E-state index < -0.39 is 0 Å². The van der Waals surface area contributed by atoms with Crippen molar-refractivity contribution in [3.8, 4) is 11.6 Å². The van der Waals surface area contributed by atoms with E-state index >= 15 is 0 Å². The van der Waals surface area contributed by atoms with Crippen LogP contribution < -0.4 is 5.32 Å². The first-order chi connectivity index (χ1) is 12.8. The summed E-state index contributed by atoms with van der Waals surface area (Å²) < 4.78 is 5.16. The van der Waals surface area contributed by atoms with Gasteiger partial charge in [0, 0.05) is 31.8 Å². The monoisotopic (exact) mass is 349 g/mol. The predicted molar refractivity (Wildman–Crippen MR) is 93.9 cm³/mol. The summed E-state index contributed by atoms with van der Waals surface area (Å²) in [6.45, 7) is 0.714. The number of aromatic nitrogens is 4. The molecule has 7 nitrogen and oxygen atoms in total. The van der Waals surface area contributed by atoms with Gasteiger partial charge >= 0.3 is 0 Å². The average molecular weight is 349 g/mol. The van der Waals surface area contributed by atoms with Gasteiger partial charge in [0.05, 0.1) is 0 Å². The minimum Gasteiger partial charge on any atom is -0.356 e. The van der Waals surface area contributed by atoms with Crippen LogP contribution in [0, 0.1) is 5.92 Å². The Bertz CT molecular complexity index is 866. The Balaban J connectivity index is 1.21. The maximum Gasteiger partial charge on any atom is 0.240 e. The van der Waals surface area contributed by atoms with Gasteiger partial charge in [-0.2, -0.15) is 4.98 Å². The molecule has 0 bridgehead atoms. The van der Waals surface area contributed by atoms with Crippen molar-refractivity contribution in [1.82, 2.24) is 25.4 Å². The number of hydrogen-bond donors (Lipinski definition) is 1. The Hall–Kier alpha value is -3.09. The smallest absolute Gasteiger partial charge is 0.240 e. The van der Waals surface area contributed by atoms with Crippen LogP contribution in [0.5, 0.6) is 0 Å². The summed E-state index contributed by atoms with van der Waals surface area (Å²) in [6.07, 6.45) is 5.09. The molecule has 1 aliphatic carbocycles. The van der Waals surface area contributed by atoms with Crippen molar-refractivity contribution < 1.29 is 9.32 Å². The molecule has 26 heavy (non-hydrogen) atoms. The molecular weight excluding hydrogens is 330 g/mol. The van der Waals surface area contributed by atoms with Crippen LogP contribution in [0.1, 0.15) is 30.2 Å². The Morgan fingerprint density at radius 2 is 1.92 bits per heavy atom. The number of carbonyl (C=O) groups excluding carboxylic acids is 1. The lowest BCUT2D eigenvalue weighted by molar-refractivity contribution is -0.121. The van der Waals surface area contributed by atoms with Crippen molar-refractivity contribution in [3.63, 3.8) is 0 Å². The van der Waals surface area contributed by atoms with Gasteiger partial charge in [-0.25, -0.2) is 9.97 Å².